The van der Waals surface area contributed by atoms with Crippen molar-refractivity contribution in [1.29, 1.82) is 0 Å². The second kappa shape index (κ2) is 8.20. The van der Waals surface area contributed by atoms with Crippen LogP contribution in [0.5, 0.6) is 11.5 Å². The van der Waals surface area contributed by atoms with Gasteiger partial charge in [0.15, 0.2) is 0 Å². The number of ether oxygens (including phenoxy) is 1. The van der Waals surface area contributed by atoms with Gasteiger partial charge in [-0.05, 0) is 48.7 Å². The van der Waals surface area contributed by atoms with Gasteiger partial charge >= 0.3 is 29.6 Å². The number of carbonyl (C=O) groups excluding carboxylic acids is 2. The smallest absolute Gasteiger partial charge is 0.550 e. The number of nitrogens with one attached hydrogen (secondary N) is 1. The Bertz CT molecular complexity index is 780. The minimum Gasteiger partial charge on any atom is -0.550 e. The van der Waals surface area contributed by atoms with Crippen LogP contribution < -0.4 is 44.7 Å². The van der Waals surface area contributed by atoms with Gasteiger partial charge in [-0.2, -0.15) is 0 Å². The maximum Gasteiger partial charge on any atom is 1.00 e. The standard InChI is InChI=1S/C19H20N2O4.Na/c1-12(2)19(18(23)24)10-16(19)17(22)21-13-5-7-14(8-6-13)25-15-4-3-9-20-11-15;/h3-9,11-12,16H,10H2,1-2H3,(H,21,22)(H,23,24);/q;+1/p-1. The molecule has 3 rings (SSSR count). The van der Waals surface area contributed by atoms with Crippen molar-refractivity contribution in [2.75, 3.05) is 5.32 Å². The largest absolute Gasteiger partial charge is 1.00 e. The number of hydrogen-bond acceptors (Lipinski definition) is 5. The van der Waals surface area contributed by atoms with Crippen molar-refractivity contribution in [1.82, 2.24) is 4.98 Å². The van der Waals surface area contributed by atoms with Gasteiger partial charge in [0, 0.05) is 23.3 Å². The number of aromatic nitrogens is 1. The minimum atomic E-state index is -1.15. The normalized spacial score (nSPS) is 20.8. The number of anilines is 1. The van der Waals surface area contributed by atoms with E-state index in [4.69, 9.17) is 4.74 Å². The molecule has 1 heterocycles. The summed E-state index contributed by atoms with van der Waals surface area (Å²) >= 11 is 0. The Hall–Kier alpha value is -1.89. The Balaban J connectivity index is 0.00000243. The van der Waals surface area contributed by atoms with E-state index in [0.717, 1.165) is 0 Å². The number of benzene rings is 1. The van der Waals surface area contributed by atoms with Gasteiger partial charge in [0.25, 0.3) is 0 Å². The Morgan fingerprint density at radius 1 is 1.23 bits per heavy atom. The Morgan fingerprint density at radius 3 is 2.42 bits per heavy atom. The van der Waals surface area contributed by atoms with Crippen molar-refractivity contribution >= 4 is 17.6 Å². The molecule has 2 atom stereocenters. The molecule has 1 N–H and O–H groups in total. The van der Waals surface area contributed by atoms with Crippen LogP contribution in [0.25, 0.3) is 0 Å². The summed E-state index contributed by atoms with van der Waals surface area (Å²) in [5.41, 5.74) is -0.459. The molecule has 1 aromatic heterocycles. The van der Waals surface area contributed by atoms with Crippen molar-refractivity contribution in [2.45, 2.75) is 20.3 Å². The van der Waals surface area contributed by atoms with Gasteiger partial charge in [0.2, 0.25) is 5.91 Å². The molecule has 1 fully saturated rings. The Labute approximate surface area is 174 Å². The van der Waals surface area contributed by atoms with Gasteiger partial charge in [-0.1, -0.05) is 13.8 Å². The maximum atomic E-state index is 12.3. The third-order valence-electron chi connectivity index (χ3n) is 4.72. The number of amides is 1. The molecule has 0 aliphatic heterocycles. The first-order chi connectivity index (χ1) is 11.9. The van der Waals surface area contributed by atoms with E-state index < -0.39 is 17.3 Å². The van der Waals surface area contributed by atoms with Crippen LogP contribution in [0.2, 0.25) is 0 Å². The summed E-state index contributed by atoms with van der Waals surface area (Å²) in [4.78, 5) is 27.7. The monoisotopic (exact) mass is 362 g/mol. The van der Waals surface area contributed by atoms with Gasteiger partial charge in [0.05, 0.1) is 12.1 Å². The molecule has 26 heavy (non-hydrogen) atoms. The van der Waals surface area contributed by atoms with E-state index in [2.05, 4.69) is 10.3 Å². The van der Waals surface area contributed by atoms with Gasteiger partial charge < -0.3 is 20.0 Å². The fourth-order valence-electron chi connectivity index (χ4n) is 3.08. The van der Waals surface area contributed by atoms with Gasteiger partial charge in [-0.15, -0.1) is 0 Å². The molecular weight excluding hydrogens is 343 g/mol. The predicted octanol–water partition coefficient (Wildman–Crippen LogP) is -0.771. The van der Waals surface area contributed by atoms with Crippen LogP contribution in [0.4, 0.5) is 5.69 Å². The van der Waals surface area contributed by atoms with Crippen molar-refractivity contribution in [3.8, 4) is 11.5 Å². The third kappa shape index (κ3) is 4.09. The van der Waals surface area contributed by atoms with Crippen LogP contribution >= 0.6 is 0 Å². The molecule has 2 unspecified atom stereocenters. The molecule has 1 aromatic carbocycles. The summed E-state index contributed by atoms with van der Waals surface area (Å²) < 4.78 is 5.63. The molecule has 6 nitrogen and oxygen atoms in total. The average molecular weight is 362 g/mol. The third-order valence-corrected chi connectivity index (χ3v) is 4.72. The van der Waals surface area contributed by atoms with Gasteiger partial charge in [-0.3, -0.25) is 9.78 Å². The van der Waals surface area contributed by atoms with E-state index in [9.17, 15) is 14.7 Å². The topological polar surface area (TPSA) is 91.3 Å². The summed E-state index contributed by atoms with van der Waals surface area (Å²) in [7, 11) is 0. The van der Waals surface area contributed by atoms with Crippen LogP contribution in [0.3, 0.4) is 0 Å². The zero-order chi connectivity index (χ0) is 18.0. The maximum absolute atomic E-state index is 12.3. The van der Waals surface area contributed by atoms with Crippen molar-refractivity contribution in [3.63, 3.8) is 0 Å². The fourth-order valence-corrected chi connectivity index (χ4v) is 3.08. The molecule has 1 aliphatic rings. The number of hydrogen-bond donors (Lipinski definition) is 1. The van der Waals surface area contributed by atoms with E-state index in [1.54, 1.807) is 62.6 Å². The number of carboxylic acid groups (broad SMARTS) is 1. The molecule has 130 valence electrons. The molecule has 0 bridgehead atoms. The summed E-state index contributed by atoms with van der Waals surface area (Å²) in [5.74, 6) is -0.911. The molecule has 1 saturated carbocycles. The van der Waals surface area contributed by atoms with Crippen molar-refractivity contribution in [2.24, 2.45) is 17.3 Å². The first-order valence-electron chi connectivity index (χ1n) is 8.13. The molecule has 0 saturated heterocycles. The number of carboxylic acids is 1. The fraction of sp³-hybridized carbons (Fsp3) is 0.316. The quantitative estimate of drug-likeness (QED) is 0.682. The average Bonchev–Trinajstić information content (AvgIpc) is 3.35. The van der Waals surface area contributed by atoms with E-state index in [1.807, 2.05) is 0 Å². The molecule has 1 aliphatic carbocycles. The first kappa shape index (κ1) is 20.4. The SMILES string of the molecule is CC(C)C1(C(=O)[O-])CC1C(=O)Nc1ccc(Oc2cccnc2)cc1.[Na+]. The summed E-state index contributed by atoms with van der Waals surface area (Å²) in [6, 6.07) is 10.4. The molecule has 2 aromatic rings. The molecular formula is C19H19N2NaO4. The van der Waals surface area contributed by atoms with Crippen LogP contribution in [-0.4, -0.2) is 16.9 Å². The van der Waals surface area contributed by atoms with Crippen LogP contribution in [0.1, 0.15) is 20.3 Å². The summed E-state index contributed by atoms with van der Waals surface area (Å²) in [6.45, 7) is 3.60. The zero-order valence-electron chi connectivity index (χ0n) is 15.1. The van der Waals surface area contributed by atoms with Crippen LogP contribution in [-0.2, 0) is 9.59 Å². The zero-order valence-corrected chi connectivity index (χ0v) is 17.1. The van der Waals surface area contributed by atoms with Crippen molar-refractivity contribution < 1.29 is 49.0 Å². The Morgan fingerprint density at radius 2 is 1.92 bits per heavy atom. The van der Waals surface area contributed by atoms with E-state index in [-0.39, 0.29) is 41.4 Å². The van der Waals surface area contributed by atoms with Gasteiger partial charge in [0.1, 0.15) is 11.5 Å². The summed E-state index contributed by atoms with van der Waals surface area (Å²) in [5, 5.41) is 14.2. The predicted molar refractivity (Wildman–Crippen MR) is 89.8 cm³/mol. The molecule has 1 amide bonds. The minimum absolute atomic E-state index is 0. The van der Waals surface area contributed by atoms with Crippen molar-refractivity contribution in [3.05, 3.63) is 48.8 Å². The van der Waals surface area contributed by atoms with Crippen LogP contribution in [0.15, 0.2) is 48.8 Å². The van der Waals surface area contributed by atoms with Crippen LogP contribution in [0, 0.1) is 17.3 Å². The van der Waals surface area contributed by atoms with E-state index >= 15 is 0 Å². The number of aliphatic carboxylic acids is 1. The Kier molecular flexibility index (Phi) is 6.44. The second-order valence-electron chi connectivity index (χ2n) is 6.54. The number of carbonyl (C=O) groups is 2. The van der Waals surface area contributed by atoms with Gasteiger partial charge in [-0.25, -0.2) is 0 Å². The number of rotatable bonds is 6. The first-order valence-corrected chi connectivity index (χ1v) is 8.13. The van der Waals surface area contributed by atoms with E-state index in [0.29, 0.717) is 23.6 Å². The molecule has 0 spiro atoms. The number of pyridine rings is 1. The number of nitrogens with zero attached hydrogens (tertiary/aromatic N) is 1. The summed E-state index contributed by atoms with van der Waals surface area (Å²) in [6.07, 6.45) is 3.59. The second-order valence-corrected chi connectivity index (χ2v) is 6.54. The molecule has 7 heteroatoms. The van der Waals surface area contributed by atoms with E-state index in [1.165, 1.54) is 0 Å². The molecule has 0 radical (unpaired) electrons.